The Bertz CT molecular complexity index is 278. The molecular weight excluding hydrogens is 232 g/mol. The first-order valence-electron chi connectivity index (χ1n) is 4.02. The monoisotopic (exact) mass is 244 g/mol. The molecule has 0 aromatic heterocycles. The summed E-state index contributed by atoms with van der Waals surface area (Å²) >= 11 is 3.36. The molecule has 1 rings (SSSR count). The first kappa shape index (κ1) is 10.3. The zero-order valence-corrected chi connectivity index (χ0v) is 9.10. The molecule has 0 saturated carbocycles. The van der Waals surface area contributed by atoms with E-state index < -0.39 is 0 Å². The molecule has 1 aromatic rings. The van der Waals surface area contributed by atoms with Crippen molar-refractivity contribution in [3.63, 3.8) is 0 Å². The number of ether oxygens (including phenoxy) is 1. The van der Waals surface area contributed by atoms with E-state index in [1.807, 2.05) is 18.2 Å². The predicted octanol–water partition coefficient (Wildman–Crippen LogP) is 2.09. The van der Waals surface area contributed by atoms with E-state index in [2.05, 4.69) is 21.2 Å². The molecule has 0 radical (unpaired) electrons. The number of hydrogen-bond donors (Lipinski definition) is 2. The van der Waals surface area contributed by atoms with E-state index in [0.29, 0.717) is 6.61 Å². The second-order valence-electron chi connectivity index (χ2n) is 2.62. The van der Waals surface area contributed by atoms with E-state index in [0.717, 1.165) is 22.4 Å². The number of para-hydroxylation sites is 1. The van der Waals surface area contributed by atoms with E-state index in [4.69, 9.17) is 10.5 Å². The summed E-state index contributed by atoms with van der Waals surface area (Å²) in [5, 5.41) is 3.17. The minimum atomic E-state index is 0.673. The molecule has 0 fully saturated rings. The number of hydrogen-bond acceptors (Lipinski definition) is 3. The van der Waals surface area contributed by atoms with Crippen LogP contribution in [0, 0.1) is 0 Å². The van der Waals surface area contributed by atoms with Gasteiger partial charge in [-0.15, -0.1) is 0 Å². The van der Waals surface area contributed by atoms with E-state index in [1.165, 1.54) is 0 Å². The molecule has 0 saturated heterocycles. The van der Waals surface area contributed by atoms with Crippen molar-refractivity contribution in [2.45, 2.75) is 0 Å². The summed E-state index contributed by atoms with van der Waals surface area (Å²) in [4.78, 5) is 0. The maximum atomic E-state index is 5.81. The zero-order valence-electron chi connectivity index (χ0n) is 7.51. The zero-order chi connectivity index (χ0) is 9.68. The molecule has 13 heavy (non-hydrogen) atoms. The maximum Gasteiger partial charge on any atom is 0.0694 e. The molecule has 0 aliphatic carbocycles. The van der Waals surface area contributed by atoms with Gasteiger partial charge >= 0.3 is 0 Å². The van der Waals surface area contributed by atoms with Crippen LogP contribution in [-0.2, 0) is 4.74 Å². The second kappa shape index (κ2) is 5.09. The first-order chi connectivity index (χ1) is 6.25. The number of nitrogen functional groups attached to an aromatic ring is 1. The van der Waals surface area contributed by atoms with Crippen molar-refractivity contribution in [2.75, 3.05) is 31.3 Å². The summed E-state index contributed by atoms with van der Waals surface area (Å²) < 4.78 is 5.83. The number of benzene rings is 1. The normalized spacial score (nSPS) is 10.0. The predicted molar refractivity (Wildman–Crippen MR) is 58.9 cm³/mol. The van der Waals surface area contributed by atoms with Gasteiger partial charge in [0.2, 0.25) is 0 Å². The third-order valence-corrected chi connectivity index (χ3v) is 2.37. The van der Waals surface area contributed by atoms with Crippen LogP contribution < -0.4 is 11.1 Å². The van der Waals surface area contributed by atoms with Crippen molar-refractivity contribution in [1.82, 2.24) is 0 Å². The number of anilines is 2. The molecule has 0 amide bonds. The fourth-order valence-corrected chi connectivity index (χ4v) is 1.35. The average molecular weight is 245 g/mol. The average Bonchev–Trinajstić information content (AvgIpc) is 2.13. The Balaban J connectivity index is 2.61. The lowest BCUT2D eigenvalue weighted by Gasteiger charge is -2.09. The topological polar surface area (TPSA) is 47.3 Å². The van der Waals surface area contributed by atoms with Gasteiger partial charge in [0, 0.05) is 18.1 Å². The number of nitrogens with two attached hydrogens (primary N) is 1. The molecular formula is C9H13BrN2O. The molecule has 3 nitrogen and oxygen atoms in total. The molecule has 72 valence electrons. The van der Waals surface area contributed by atoms with Crippen molar-refractivity contribution in [2.24, 2.45) is 0 Å². The highest BCUT2D eigenvalue weighted by Gasteiger charge is 2.00. The van der Waals surface area contributed by atoms with E-state index in [1.54, 1.807) is 7.11 Å². The summed E-state index contributed by atoms with van der Waals surface area (Å²) in [7, 11) is 1.67. The fraction of sp³-hybridized carbons (Fsp3) is 0.333. The van der Waals surface area contributed by atoms with Crippen LogP contribution in [0.25, 0.3) is 0 Å². The highest BCUT2D eigenvalue weighted by Crippen LogP contribution is 2.26. The first-order valence-corrected chi connectivity index (χ1v) is 4.82. The third-order valence-electron chi connectivity index (χ3n) is 1.67. The van der Waals surface area contributed by atoms with Crippen molar-refractivity contribution >= 4 is 27.3 Å². The lowest BCUT2D eigenvalue weighted by Crippen LogP contribution is -2.09. The Morgan fingerprint density at radius 2 is 2.31 bits per heavy atom. The Labute approximate surface area is 86.4 Å². The highest BCUT2D eigenvalue weighted by molar-refractivity contribution is 9.10. The molecule has 0 unspecified atom stereocenters. The summed E-state index contributed by atoms with van der Waals surface area (Å²) in [6.07, 6.45) is 0. The van der Waals surface area contributed by atoms with Gasteiger partial charge in [-0.25, -0.2) is 0 Å². The van der Waals surface area contributed by atoms with Gasteiger partial charge in [0.05, 0.1) is 18.0 Å². The fourth-order valence-electron chi connectivity index (χ4n) is 0.979. The lowest BCUT2D eigenvalue weighted by atomic mass is 10.3. The SMILES string of the molecule is COCCNc1cccc(Br)c1N. The second-order valence-corrected chi connectivity index (χ2v) is 3.47. The van der Waals surface area contributed by atoms with Crippen LogP contribution in [0.5, 0.6) is 0 Å². The molecule has 0 atom stereocenters. The largest absolute Gasteiger partial charge is 0.396 e. The smallest absolute Gasteiger partial charge is 0.0694 e. The molecule has 3 N–H and O–H groups in total. The van der Waals surface area contributed by atoms with Crippen molar-refractivity contribution in [1.29, 1.82) is 0 Å². The van der Waals surface area contributed by atoms with Crippen molar-refractivity contribution in [3.05, 3.63) is 22.7 Å². The van der Waals surface area contributed by atoms with Gasteiger partial charge in [0.1, 0.15) is 0 Å². The molecule has 0 spiro atoms. The lowest BCUT2D eigenvalue weighted by molar-refractivity contribution is 0.211. The van der Waals surface area contributed by atoms with E-state index >= 15 is 0 Å². The van der Waals surface area contributed by atoms with Crippen LogP contribution in [0.3, 0.4) is 0 Å². The van der Waals surface area contributed by atoms with E-state index in [-0.39, 0.29) is 0 Å². The van der Waals surface area contributed by atoms with Crippen LogP contribution in [0.2, 0.25) is 0 Å². The van der Waals surface area contributed by atoms with Gasteiger partial charge in [-0.3, -0.25) is 0 Å². The third kappa shape index (κ3) is 2.90. The standard InChI is InChI=1S/C9H13BrN2O/c1-13-6-5-12-8-4-2-3-7(10)9(8)11/h2-4,12H,5-6,11H2,1H3. The maximum absolute atomic E-state index is 5.81. The number of nitrogens with one attached hydrogen (secondary N) is 1. The summed E-state index contributed by atoms with van der Waals surface area (Å²) in [6.45, 7) is 1.43. The van der Waals surface area contributed by atoms with Gasteiger partial charge in [0.15, 0.2) is 0 Å². The minimum absolute atomic E-state index is 0.673. The van der Waals surface area contributed by atoms with Crippen molar-refractivity contribution < 1.29 is 4.74 Å². The van der Waals surface area contributed by atoms with Gasteiger partial charge in [-0.1, -0.05) is 6.07 Å². The Kier molecular flexibility index (Phi) is 4.05. The Morgan fingerprint density at radius 1 is 1.54 bits per heavy atom. The number of methoxy groups -OCH3 is 1. The van der Waals surface area contributed by atoms with Gasteiger partial charge in [-0.05, 0) is 28.1 Å². The van der Waals surface area contributed by atoms with Crippen LogP contribution in [0.1, 0.15) is 0 Å². The van der Waals surface area contributed by atoms with Crippen LogP contribution in [-0.4, -0.2) is 20.3 Å². The van der Waals surface area contributed by atoms with Crippen LogP contribution in [0.4, 0.5) is 11.4 Å². The van der Waals surface area contributed by atoms with E-state index in [9.17, 15) is 0 Å². The van der Waals surface area contributed by atoms with Gasteiger partial charge in [-0.2, -0.15) is 0 Å². The Hall–Kier alpha value is -0.740. The van der Waals surface area contributed by atoms with Crippen molar-refractivity contribution in [3.8, 4) is 0 Å². The molecule has 0 aliphatic heterocycles. The van der Waals surface area contributed by atoms with Crippen LogP contribution in [0.15, 0.2) is 22.7 Å². The van der Waals surface area contributed by atoms with Gasteiger partial charge in [0.25, 0.3) is 0 Å². The van der Waals surface area contributed by atoms with Gasteiger partial charge < -0.3 is 15.8 Å². The molecule has 0 bridgehead atoms. The summed E-state index contributed by atoms with van der Waals surface area (Å²) in [5.41, 5.74) is 7.49. The molecule has 4 heteroatoms. The minimum Gasteiger partial charge on any atom is -0.396 e. The molecule has 0 aliphatic rings. The number of halogens is 1. The summed E-state index contributed by atoms with van der Waals surface area (Å²) in [6, 6.07) is 5.79. The number of rotatable bonds is 4. The highest BCUT2D eigenvalue weighted by atomic mass is 79.9. The molecule has 1 aromatic carbocycles. The summed E-state index contributed by atoms with van der Waals surface area (Å²) in [5.74, 6) is 0. The van der Waals surface area contributed by atoms with Crippen LogP contribution >= 0.6 is 15.9 Å². The quantitative estimate of drug-likeness (QED) is 0.630. The molecule has 0 heterocycles. The Morgan fingerprint density at radius 3 is 3.00 bits per heavy atom.